The molecular formula is C27H25BrN2O2S. The van der Waals surface area contributed by atoms with Crippen LogP contribution in [-0.2, 0) is 11.4 Å². The minimum absolute atomic E-state index is 0.0447. The SMILES string of the molecule is Cc1ccc(N=C2S/C(=C\c3cc(C)c(OCc4ccc(Br)cc4)c(C)c3)C(=O)N2C)cc1. The molecule has 3 aromatic rings. The van der Waals surface area contributed by atoms with Gasteiger partial charge < -0.3 is 4.74 Å². The third-order valence-electron chi connectivity index (χ3n) is 5.34. The third-order valence-corrected chi connectivity index (χ3v) is 6.93. The van der Waals surface area contributed by atoms with E-state index in [1.54, 1.807) is 11.9 Å². The predicted octanol–water partition coefficient (Wildman–Crippen LogP) is 7.19. The van der Waals surface area contributed by atoms with E-state index in [0.717, 1.165) is 38.2 Å². The number of halogens is 1. The Labute approximate surface area is 207 Å². The normalized spacial score (nSPS) is 16.2. The molecule has 0 bridgehead atoms. The van der Waals surface area contributed by atoms with Gasteiger partial charge in [-0.3, -0.25) is 9.69 Å². The zero-order chi connectivity index (χ0) is 23.5. The van der Waals surface area contributed by atoms with E-state index < -0.39 is 0 Å². The molecule has 33 heavy (non-hydrogen) atoms. The van der Waals surface area contributed by atoms with Crippen LogP contribution in [0.15, 0.2) is 75.0 Å². The highest BCUT2D eigenvalue weighted by Crippen LogP contribution is 2.34. The van der Waals surface area contributed by atoms with Crippen molar-refractivity contribution in [2.45, 2.75) is 27.4 Å². The first-order valence-corrected chi connectivity index (χ1v) is 12.2. The Morgan fingerprint density at radius 2 is 1.64 bits per heavy atom. The van der Waals surface area contributed by atoms with Gasteiger partial charge in [-0.15, -0.1) is 0 Å². The fourth-order valence-electron chi connectivity index (χ4n) is 3.56. The molecule has 1 aliphatic rings. The first-order chi connectivity index (χ1) is 15.8. The summed E-state index contributed by atoms with van der Waals surface area (Å²) in [5.41, 5.74) is 6.18. The van der Waals surface area contributed by atoms with E-state index in [1.165, 1.54) is 17.3 Å². The highest BCUT2D eigenvalue weighted by Gasteiger charge is 2.30. The molecule has 0 spiro atoms. The largest absolute Gasteiger partial charge is 0.488 e. The van der Waals surface area contributed by atoms with Crippen LogP contribution in [0.25, 0.3) is 6.08 Å². The quantitative estimate of drug-likeness (QED) is 0.334. The monoisotopic (exact) mass is 520 g/mol. The molecule has 0 unspecified atom stereocenters. The molecule has 1 heterocycles. The molecule has 0 N–H and O–H groups in total. The Bertz CT molecular complexity index is 1230. The lowest BCUT2D eigenvalue weighted by atomic mass is 10.0. The van der Waals surface area contributed by atoms with E-state index in [2.05, 4.69) is 33.1 Å². The van der Waals surface area contributed by atoms with E-state index >= 15 is 0 Å². The van der Waals surface area contributed by atoms with Crippen molar-refractivity contribution in [1.29, 1.82) is 0 Å². The first-order valence-electron chi connectivity index (χ1n) is 10.6. The molecule has 6 heteroatoms. The molecule has 1 aliphatic heterocycles. The number of likely N-dealkylation sites (N-methyl/N-ethyl adjacent to an activating group) is 1. The van der Waals surface area contributed by atoms with Gasteiger partial charge in [0.05, 0.1) is 10.6 Å². The predicted molar refractivity (Wildman–Crippen MR) is 141 cm³/mol. The number of ether oxygens (including phenoxy) is 1. The van der Waals surface area contributed by atoms with Crippen LogP contribution in [0, 0.1) is 20.8 Å². The fraction of sp³-hybridized carbons (Fsp3) is 0.185. The van der Waals surface area contributed by atoms with Gasteiger partial charge in [0.15, 0.2) is 5.17 Å². The highest BCUT2D eigenvalue weighted by molar-refractivity contribution is 9.10. The number of hydrogen-bond acceptors (Lipinski definition) is 4. The molecule has 0 aromatic heterocycles. The lowest BCUT2D eigenvalue weighted by molar-refractivity contribution is -0.121. The second kappa shape index (κ2) is 9.98. The summed E-state index contributed by atoms with van der Waals surface area (Å²) >= 11 is 4.85. The van der Waals surface area contributed by atoms with E-state index in [0.29, 0.717) is 16.7 Å². The van der Waals surface area contributed by atoms with Crippen LogP contribution in [0.2, 0.25) is 0 Å². The Morgan fingerprint density at radius 1 is 1.00 bits per heavy atom. The molecule has 0 aliphatic carbocycles. The van der Waals surface area contributed by atoms with Crippen LogP contribution < -0.4 is 4.74 Å². The van der Waals surface area contributed by atoms with Crippen LogP contribution in [0.5, 0.6) is 5.75 Å². The Morgan fingerprint density at radius 3 is 2.27 bits per heavy atom. The van der Waals surface area contributed by atoms with Gasteiger partial charge in [-0.25, -0.2) is 4.99 Å². The molecule has 0 saturated carbocycles. The number of rotatable bonds is 5. The van der Waals surface area contributed by atoms with Gasteiger partial charge in [-0.2, -0.15) is 0 Å². The molecule has 4 nitrogen and oxygen atoms in total. The minimum Gasteiger partial charge on any atom is -0.488 e. The standard InChI is InChI=1S/C27H25BrN2O2S/c1-17-5-11-23(12-6-17)29-27-30(4)26(31)24(33-27)15-21-13-18(2)25(19(3)14-21)32-16-20-7-9-22(28)10-8-20/h5-15H,16H2,1-4H3/b24-15-,29-27?. The number of thioether (sulfide) groups is 1. The van der Waals surface area contributed by atoms with Crippen LogP contribution >= 0.6 is 27.7 Å². The van der Waals surface area contributed by atoms with Gasteiger partial charge in [-0.1, -0.05) is 45.8 Å². The average Bonchev–Trinajstić information content (AvgIpc) is 3.03. The Kier molecular flexibility index (Phi) is 7.05. The maximum absolute atomic E-state index is 12.8. The van der Waals surface area contributed by atoms with E-state index in [9.17, 15) is 4.79 Å². The van der Waals surface area contributed by atoms with Crippen molar-refractivity contribution >= 4 is 50.5 Å². The highest BCUT2D eigenvalue weighted by atomic mass is 79.9. The molecule has 0 atom stereocenters. The summed E-state index contributed by atoms with van der Waals surface area (Å²) in [7, 11) is 1.76. The van der Waals surface area contributed by atoms with Crippen molar-refractivity contribution in [2.24, 2.45) is 4.99 Å². The molecule has 1 fully saturated rings. The third kappa shape index (κ3) is 5.57. The summed E-state index contributed by atoms with van der Waals surface area (Å²) in [5, 5.41) is 0.679. The van der Waals surface area contributed by atoms with Gasteiger partial charge in [0, 0.05) is 11.5 Å². The minimum atomic E-state index is -0.0447. The number of amides is 1. The number of nitrogens with zero attached hydrogens (tertiary/aromatic N) is 2. The average molecular weight is 521 g/mol. The number of amidine groups is 1. The lowest BCUT2D eigenvalue weighted by Crippen LogP contribution is -2.23. The summed E-state index contributed by atoms with van der Waals surface area (Å²) in [6, 6.07) is 20.2. The van der Waals surface area contributed by atoms with Gasteiger partial charge >= 0.3 is 0 Å². The number of aliphatic imine (C=N–C) groups is 1. The number of carbonyl (C=O) groups is 1. The van der Waals surface area contributed by atoms with Crippen molar-refractivity contribution in [3.8, 4) is 5.75 Å². The van der Waals surface area contributed by atoms with E-state index in [1.807, 2.05) is 75.4 Å². The van der Waals surface area contributed by atoms with Crippen molar-refractivity contribution in [1.82, 2.24) is 4.90 Å². The van der Waals surface area contributed by atoms with Gasteiger partial charge in [0.2, 0.25) is 0 Å². The van der Waals surface area contributed by atoms with Crippen LogP contribution in [-0.4, -0.2) is 23.0 Å². The zero-order valence-electron chi connectivity index (χ0n) is 19.1. The molecule has 4 rings (SSSR count). The number of aryl methyl sites for hydroxylation is 3. The maximum Gasteiger partial charge on any atom is 0.266 e. The smallest absolute Gasteiger partial charge is 0.266 e. The van der Waals surface area contributed by atoms with E-state index in [-0.39, 0.29) is 5.91 Å². The molecule has 168 valence electrons. The zero-order valence-corrected chi connectivity index (χ0v) is 21.5. The second-order valence-electron chi connectivity index (χ2n) is 8.10. The van der Waals surface area contributed by atoms with Crippen molar-refractivity contribution in [2.75, 3.05) is 7.05 Å². The topological polar surface area (TPSA) is 41.9 Å². The van der Waals surface area contributed by atoms with Gasteiger partial charge in [0.1, 0.15) is 12.4 Å². The second-order valence-corrected chi connectivity index (χ2v) is 10.0. The molecule has 0 radical (unpaired) electrons. The van der Waals surface area contributed by atoms with Crippen LogP contribution in [0.1, 0.15) is 27.8 Å². The lowest BCUT2D eigenvalue weighted by Gasteiger charge is -2.13. The summed E-state index contributed by atoms with van der Waals surface area (Å²) in [6.07, 6.45) is 1.93. The summed E-state index contributed by atoms with van der Waals surface area (Å²) in [6.45, 7) is 6.62. The van der Waals surface area contributed by atoms with Crippen molar-refractivity contribution in [3.05, 3.63) is 97.9 Å². The first kappa shape index (κ1) is 23.3. The van der Waals surface area contributed by atoms with Crippen molar-refractivity contribution in [3.63, 3.8) is 0 Å². The fourth-order valence-corrected chi connectivity index (χ4v) is 4.81. The maximum atomic E-state index is 12.8. The van der Waals surface area contributed by atoms with E-state index in [4.69, 9.17) is 4.74 Å². The molecule has 3 aromatic carbocycles. The number of hydrogen-bond donors (Lipinski definition) is 0. The van der Waals surface area contributed by atoms with Gasteiger partial charge in [-0.05, 0) is 97.3 Å². The van der Waals surface area contributed by atoms with Gasteiger partial charge in [0.25, 0.3) is 5.91 Å². The molecular weight excluding hydrogens is 496 g/mol. The number of benzene rings is 3. The summed E-state index contributed by atoms with van der Waals surface area (Å²) < 4.78 is 7.16. The molecule has 1 amide bonds. The molecule has 1 saturated heterocycles. The Balaban J connectivity index is 1.52. The van der Waals surface area contributed by atoms with Crippen molar-refractivity contribution < 1.29 is 9.53 Å². The summed E-state index contributed by atoms with van der Waals surface area (Å²) in [4.78, 5) is 19.7. The summed E-state index contributed by atoms with van der Waals surface area (Å²) in [5.74, 6) is 0.834. The number of carbonyl (C=O) groups excluding carboxylic acids is 1. The van der Waals surface area contributed by atoms with Crippen LogP contribution in [0.4, 0.5) is 5.69 Å². The Hall–Kier alpha value is -2.83. The van der Waals surface area contributed by atoms with Crippen LogP contribution in [0.3, 0.4) is 0 Å².